The van der Waals surface area contributed by atoms with Gasteiger partial charge in [-0.25, -0.2) is 0 Å². The van der Waals surface area contributed by atoms with Crippen LogP contribution in [0.4, 0.5) is 0 Å². The van der Waals surface area contributed by atoms with Crippen molar-refractivity contribution >= 4 is 10.8 Å². The first-order valence-corrected chi connectivity index (χ1v) is 5.24. The Kier molecular flexibility index (Phi) is 3.39. The van der Waals surface area contributed by atoms with E-state index in [1.165, 1.54) is 0 Å². The first kappa shape index (κ1) is 10.9. The van der Waals surface area contributed by atoms with Gasteiger partial charge in [0.05, 0.1) is 0 Å². The monoisotopic (exact) mass is 216 g/mol. The maximum absolute atomic E-state index is 9.28. The van der Waals surface area contributed by atoms with E-state index < -0.39 is 6.10 Å². The largest absolute Gasteiger partial charge is 0.490 e. The lowest BCUT2D eigenvalue weighted by Gasteiger charge is -2.11. The molecule has 2 aromatic carbocycles. The molecule has 0 bridgehead atoms. The van der Waals surface area contributed by atoms with Crippen molar-refractivity contribution in [2.75, 3.05) is 13.2 Å². The van der Waals surface area contributed by atoms with E-state index in [2.05, 4.69) is 0 Å². The number of hydrogen-bond acceptors (Lipinski definition) is 2. The summed E-state index contributed by atoms with van der Waals surface area (Å²) >= 11 is 0. The second kappa shape index (κ2) is 4.96. The van der Waals surface area contributed by atoms with Crippen LogP contribution >= 0.6 is 0 Å². The minimum atomic E-state index is -0.723. The molecule has 0 saturated heterocycles. The van der Waals surface area contributed by atoms with Gasteiger partial charge in [0.25, 0.3) is 0 Å². The molecule has 2 N–H and O–H groups in total. The van der Waals surface area contributed by atoms with Crippen LogP contribution in [0.25, 0.3) is 10.8 Å². The summed E-state index contributed by atoms with van der Waals surface area (Å²) in [5.74, 6) is 0.755. The highest BCUT2D eigenvalue weighted by Gasteiger charge is 2.05. The summed E-state index contributed by atoms with van der Waals surface area (Å²) in [6, 6.07) is 13.7. The molecule has 0 saturated carbocycles. The zero-order valence-corrected chi connectivity index (χ0v) is 8.89. The molecule has 3 nitrogen and oxygen atoms in total. The Morgan fingerprint density at radius 3 is 2.69 bits per heavy atom. The Morgan fingerprint density at radius 2 is 1.88 bits per heavy atom. The van der Waals surface area contributed by atoms with Gasteiger partial charge in [0.2, 0.25) is 0 Å². The molecule has 0 heterocycles. The molecule has 1 radical (unpaired) electrons. The lowest BCUT2D eigenvalue weighted by Crippen LogP contribution is -2.22. The summed E-state index contributed by atoms with van der Waals surface area (Å²) in [5, 5.41) is 11.4. The first-order valence-electron chi connectivity index (χ1n) is 5.24. The number of aliphatic hydroxyl groups excluding tert-OH is 1. The van der Waals surface area contributed by atoms with Gasteiger partial charge in [-0.2, -0.15) is 0 Å². The van der Waals surface area contributed by atoms with E-state index >= 15 is 0 Å². The fourth-order valence-electron chi connectivity index (χ4n) is 1.57. The third-order valence-electron chi connectivity index (χ3n) is 2.42. The Bertz CT molecular complexity index is 465. The standard InChI is InChI=1S/C13H14NO2/c14-8-11(15)9-16-13-7-3-5-10-4-1-2-6-12(10)13/h1-7,11,14-15H,8-9H2. The summed E-state index contributed by atoms with van der Waals surface area (Å²) in [7, 11) is 0. The number of hydrogen-bond donors (Lipinski definition) is 1. The van der Waals surface area contributed by atoms with E-state index in [4.69, 9.17) is 10.5 Å². The molecule has 0 aliphatic rings. The second-order valence-electron chi connectivity index (χ2n) is 3.65. The molecule has 0 aromatic heterocycles. The van der Waals surface area contributed by atoms with Gasteiger partial charge >= 0.3 is 0 Å². The van der Waals surface area contributed by atoms with Gasteiger partial charge in [-0.15, -0.1) is 0 Å². The van der Waals surface area contributed by atoms with Crippen molar-refractivity contribution in [1.29, 1.82) is 0 Å². The highest BCUT2D eigenvalue weighted by atomic mass is 16.5. The number of rotatable bonds is 4. The average molecular weight is 216 g/mol. The maximum atomic E-state index is 9.28. The van der Waals surface area contributed by atoms with E-state index in [0.717, 1.165) is 16.5 Å². The summed E-state index contributed by atoms with van der Waals surface area (Å²) in [6.07, 6.45) is -0.723. The van der Waals surface area contributed by atoms with Crippen molar-refractivity contribution in [3.8, 4) is 5.75 Å². The molecule has 2 rings (SSSR count). The van der Waals surface area contributed by atoms with Gasteiger partial charge < -0.3 is 9.84 Å². The molecule has 16 heavy (non-hydrogen) atoms. The number of fused-ring (bicyclic) bond motifs is 1. The van der Waals surface area contributed by atoms with Crippen molar-refractivity contribution in [1.82, 2.24) is 5.73 Å². The molecular weight excluding hydrogens is 202 g/mol. The molecule has 0 fully saturated rings. The van der Waals surface area contributed by atoms with Crippen molar-refractivity contribution < 1.29 is 9.84 Å². The fraction of sp³-hybridized carbons (Fsp3) is 0.231. The van der Waals surface area contributed by atoms with Gasteiger partial charge in [-0.05, 0) is 11.5 Å². The molecule has 0 aliphatic heterocycles. The van der Waals surface area contributed by atoms with Gasteiger partial charge in [-0.1, -0.05) is 36.4 Å². The molecule has 3 heteroatoms. The fourth-order valence-corrected chi connectivity index (χ4v) is 1.57. The zero-order valence-electron chi connectivity index (χ0n) is 8.89. The lowest BCUT2D eigenvalue weighted by molar-refractivity contribution is 0.114. The van der Waals surface area contributed by atoms with Gasteiger partial charge in [0.1, 0.15) is 18.5 Å². The van der Waals surface area contributed by atoms with Crippen LogP contribution in [0.5, 0.6) is 5.75 Å². The Labute approximate surface area is 94.5 Å². The molecule has 1 atom stereocenters. The van der Waals surface area contributed by atoms with E-state index in [1.807, 2.05) is 42.5 Å². The van der Waals surface area contributed by atoms with E-state index in [9.17, 15) is 5.11 Å². The predicted molar refractivity (Wildman–Crippen MR) is 63.4 cm³/mol. The minimum absolute atomic E-state index is 0.0369. The number of benzene rings is 2. The second-order valence-corrected chi connectivity index (χ2v) is 3.65. The minimum Gasteiger partial charge on any atom is -0.490 e. The third-order valence-corrected chi connectivity index (χ3v) is 2.42. The zero-order chi connectivity index (χ0) is 11.4. The van der Waals surface area contributed by atoms with Crippen LogP contribution < -0.4 is 10.5 Å². The van der Waals surface area contributed by atoms with Crippen LogP contribution in [-0.4, -0.2) is 24.4 Å². The van der Waals surface area contributed by atoms with Crippen LogP contribution in [0.1, 0.15) is 0 Å². The van der Waals surface area contributed by atoms with Crippen molar-refractivity contribution in [2.24, 2.45) is 0 Å². The van der Waals surface area contributed by atoms with Crippen LogP contribution in [0.2, 0.25) is 0 Å². The maximum Gasteiger partial charge on any atom is 0.127 e. The summed E-state index contributed by atoms with van der Waals surface area (Å²) in [6.45, 7) is 0.127. The summed E-state index contributed by atoms with van der Waals surface area (Å²) < 4.78 is 5.50. The third kappa shape index (κ3) is 2.32. The van der Waals surface area contributed by atoms with Crippen LogP contribution in [-0.2, 0) is 0 Å². The van der Waals surface area contributed by atoms with Gasteiger partial charge in [0, 0.05) is 11.9 Å². The predicted octanol–water partition coefficient (Wildman–Crippen LogP) is 1.86. The molecular formula is C13H14NO2. The van der Waals surface area contributed by atoms with Gasteiger partial charge in [0.15, 0.2) is 0 Å². The Morgan fingerprint density at radius 1 is 1.12 bits per heavy atom. The first-order chi connectivity index (χ1) is 7.81. The smallest absolute Gasteiger partial charge is 0.127 e. The highest BCUT2D eigenvalue weighted by molar-refractivity contribution is 5.88. The Balaban J connectivity index is 2.23. The van der Waals surface area contributed by atoms with Crippen LogP contribution in [0, 0.1) is 0 Å². The van der Waals surface area contributed by atoms with Crippen molar-refractivity contribution in [3.05, 3.63) is 42.5 Å². The average Bonchev–Trinajstić information content (AvgIpc) is 2.35. The van der Waals surface area contributed by atoms with E-state index in [-0.39, 0.29) is 13.2 Å². The molecule has 0 amide bonds. The Hall–Kier alpha value is -1.58. The topological polar surface area (TPSA) is 53.3 Å². The molecule has 1 unspecified atom stereocenters. The summed E-state index contributed by atoms with van der Waals surface area (Å²) in [4.78, 5) is 0. The normalized spacial score (nSPS) is 12.6. The number of aliphatic hydroxyl groups is 1. The van der Waals surface area contributed by atoms with Gasteiger partial charge in [-0.3, -0.25) is 5.73 Å². The van der Waals surface area contributed by atoms with E-state index in [0.29, 0.717) is 0 Å². The molecule has 0 aliphatic carbocycles. The van der Waals surface area contributed by atoms with Crippen molar-refractivity contribution in [3.63, 3.8) is 0 Å². The van der Waals surface area contributed by atoms with Crippen LogP contribution in [0.15, 0.2) is 42.5 Å². The molecule has 2 aromatic rings. The summed E-state index contributed by atoms with van der Waals surface area (Å²) in [5.41, 5.74) is 7.01. The highest BCUT2D eigenvalue weighted by Crippen LogP contribution is 2.25. The van der Waals surface area contributed by atoms with Crippen molar-refractivity contribution in [2.45, 2.75) is 6.10 Å². The molecule has 0 spiro atoms. The number of ether oxygens (including phenoxy) is 1. The van der Waals surface area contributed by atoms with Crippen LogP contribution in [0.3, 0.4) is 0 Å². The molecule has 83 valence electrons. The number of nitrogens with one attached hydrogen (secondary N) is 1. The van der Waals surface area contributed by atoms with E-state index in [1.54, 1.807) is 0 Å². The quantitative estimate of drug-likeness (QED) is 0.848. The SMILES string of the molecule is [NH]CC(O)COc1cccc2ccccc12. The lowest BCUT2D eigenvalue weighted by atomic mass is 10.1.